The van der Waals surface area contributed by atoms with Crippen LogP contribution in [0.4, 0.5) is 0 Å². The van der Waals surface area contributed by atoms with Crippen LogP contribution in [0.1, 0.15) is 56.8 Å². The van der Waals surface area contributed by atoms with Crippen LogP contribution in [-0.4, -0.2) is 23.4 Å². The number of fused-ring (bicyclic) bond motifs is 5. The second-order valence-electron chi connectivity index (χ2n) is 11.8. The Hall–Kier alpha value is -5.74. The highest BCUT2D eigenvalue weighted by atomic mass is 15.0. The first-order chi connectivity index (χ1) is 22.8. The third kappa shape index (κ3) is 4.98. The van der Waals surface area contributed by atoms with Crippen molar-refractivity contribution in [1.82, 2.24) is 4.98 Å². The smallest absolute Gasteiger partial charge is 0.161 e. The molecule has 46 heavy (non-hydrogen) atoms. The Morgan fingerprint density at radius 2 is 1.65 bits per heavy atom. The van der Waals surface area contributed by atoms with Crippen molar-refractivity contribution in [3.8, 4) is 11.1 Å². The van der Waals surface area contributed by atoms with Crippen LogP contribution in [0, 0.1) is 0 Å². The van der Waals surface area contributed by atoms with E-state index in [9.17, 15) is 0 Å². The minimum Gasteiger partial charge on any atom is -0.264 e. The molecule has 1 atom stereocenters. The Balaban J connectivity index is 1.29. The minimum absolute atomic E-state index is 0.0813. The van der Waals surface area contributed by atoms with Crippen molar-refractivity contribution in [2.24, 2.45) is 15.0 Å². The lowest BCUT2D eigenvalue weighted by Crippen LogP contribution is -2.08. The van der Waals surface area contributed by atoms with Gasteiger partial charge in [0.15, 0.2) is 11.7 Å². The Labute approximate surface area is 269 Å². The second kappa shape index (κ2) is 12.0. The maximum Gasteiger partial charge on any atom is 0.161 e. The molecule has 0 saturated carbocycles. The fraction of sp³-hybridized carbons (Fsp3) is 0.0952. The number of aliphatic imine (C=N–C) groups is 3. The average molecular weight is 593 g/mol. The molecule has 1 unspecified atom stereocenters. The number of benzene rings is 5. The summed E-state index contributed by atoms with van der Waals surface area (Å²) in [5, 5.41) is 2.40. The van der Waals surface area contributed by atoms with Crippen molar-refractivity contribution in [3.05, 3.63) is 178 Å². The van der Waals surface area contributed by atoms with E-state index in [2.05, 4.69) is 138 Å². The molecule has 4 heteroatoms. The van der Waals surface area contributed by atoms with Crippen LogP contribution in [-0.2, 0) is 13.0 Å². The van der Waals surface area contributed by atoms with Gasteiger partial charge in [0.05, 0.1) is 6.54 Å². The number of amidine groups is 2. The highest BCUT2D eigenvalue weighted by molar-refractivity contribution is 6.16. The SMILES string of the molecule is C=NC(=NC(=NCc1cccc2ccccc12)c1ccc2c(c1)C=CCC2)c1cccc2c1-c1ccccc1C2c1cccnc1. The molecule has 0 bridgehead atoms. The average Bonchev–Trinajstić information content (AvgIpc) is 3.47. The van der Waals surface area contributed by atoms with Crippen LogP contribution in [0.3, 0.4) is 0 Å². The molecular weight excluding hydrogens is 560 g/mol. The summed E-state index contributed by atoms with van der Waals surface area (Å²) in [6.45, 7) is 4.51. The monoisotopic (exact) mass is 592 g/mol. The van der Waals surface area contributed by atoms with Gasteiger partial charge in [-0.1, -0.05) is 115 Å². The van der Waals surface area contributed by atoms with E-state index < -0.39 is 0 Å². The first kappa shape index (κ1) is 27.8. The first-order valence-corrected chi connectivity index (χ1v) is 15.8. The van der Waals surface area contributed by atoms with E-state index in [1.165, 1.54) is 38.6 Å². The minimum atomic E-state index is 0.0813. The van der Waals surface area contributed by atoms with Gasteiger partial charge in [0.2, 0.25) is 0 Å². The summed E-state index contributed by atoms with van der Waals surface area (Å²) in [7, 11) is 0. The van der Waals surface area contributed by atoms with E-state index in [1.807, 2.05) is 18.5 Å². The lowest BCUT2D eigenvalue weighted by molar-refractivity contribution is 0.985. The van der Waals surface area contributed by atoms with Gasteiger partial charge >= 0.3 is 0 Å². The van der Waals surface area contributed by atoms with Crippen LogP contribution in [0.15, 0.2) is 149 Å². The summed E-state index contributed by atoms with van der Waals surface area (Å²) < 4.78 is 0. The Morgan fingerprint density at radius 3 is 2.57 bits per heavy atom. The number of allylic oxidation sites excluding steroid dienone is 1. The third-order valence-corrected chi connectivity index (χ3v) is 9.13. The van der Waals surface area contributed by atoms with Gasteiger partial charge < -0.3 is 0 Å². The van der Waals surface area contributed by atoms with E-state index in [0.29, 0.717) is 18.2 Å². The molecule has 0 spiro atoms. The summed E-state index contributed by atoms with van der Waals surface area (Å²) >= 11 is 0. The molecular formula is C42H32N4. The number of aryl methyl sites for hydroxylation is 1. The summed E-state index contributed by atoms with van der Waals surface area (Å²) in [5.74, 6) is 1.28. The van der Waals surface area contributed by atoms with Gasteiger partial charge in [-0.15, -0.1) is 0 Å². The second-order valence-corrected chi connectivity index (χ2v) is 11.8. The van der Waals surface area contributed by atoms with Crippen molar-refractivity contribution < 1.29 is 0 Å². The molecule has 220 valence electrons. The van der Waals surface area contributed by atoms with Crippen LogP contribution < -0.4 is 0 Å². The molecule has 6 aromatic rings. The van der Waals surface area contributed by atoms with E-state index >= 15 is 0 Å². The van der Waals surface area contributed by atoms with Crippen molar-refractivity contribution in [2.75, 3.05) is 0 Å². The van der Waals surface area contributed by atoms with Gasteiger partial charge in [-0.3, -0.25) is 9.98 Å². The molecule has 4 nitrogen and oxygen atoms in total. The van der Waals surface area contributed by atoms with E-state index in [4.69, 9.17) is 9.98 Å². The predicted octanol–water partition coefficient (Wildman–Crippen LogP) is 9.45. The quantitative estimate of drug-likeness (QED) is 0.145. The largest absolute Gasteiger partial charge is 0.264 e. The van der Waals surface area contributed by atoms with Gasteiger partial charge in [-0.25, -0.2) is 9.98 Å². The molecule has 0 aliphatic heterocycles. The molecule has 0 radical (unpaired) electrons. The zero-order valence-corrected chi connectivity index (χ0v) is 25.5. The van der Waals surface area contributed by atoms with Crippen LogP contribution in [0.25, 0.3) is 28.0 Å². The number of rotatable bonds is 5. The lowest BCUT2D eigenvalue weighted by Gasteiger charge is -2.15. The van der Waals surface area contributed by atoms with Crippen molar-refractivity contribution >= 4 is 35.2 Å². The molecule has 1 aromatic heterocycles. The number of nitrogens with zero attached hydrogens (tertiary/aromatic N) is 4. The molecule has 0 saturated heterocycles. The highest BCUT2D eigenvalue weighted by Crippen LogP contribution is 2.49. The van der Waals surface area contributed by atoms with Gasteiger partial charge in [0, 0.05) is 29.4 Å². The zero-order valence-electron chi connectivity index (χ0n) is 25.5. The van der Waals surface area contributed by atoms with Gasteiger partial charge in [0.1, 0.15) is 0 Å². The fourth-order valence-electron chi connectivity index (χ4n) is 6.98. The third-order valence-electron chi connectivity index (χ3n) is 9.13. The Bertz CT molecular complexity index is 2200. The summed E-state index contributed by atoms with van der Waals surface area (Å²) in [6.07, 6.45) is 10.3. The summed E-state index contributed by atoms with van der Waals surface area (Å²) in [4.78, 5) is 19.4. The predicted molar refractivity (Wildman–Crippen MR) is 191 cm³/mol. The maximum atomic E-state index is 5.23. The van der Waals surface area contributed by atoms with E-state index in [-0.39, 0.29) is 5.92 Å². The molecule has 5 aromatic carbocycles. The van der Waals surface area contributed by atoms with Crippen molar-refractivity contribution in [1.29, 1.82) is 0 Å². The molecule has 8 rings (SSSR count). The van der Waals surface area contributed by atoms with Crippen LogP contribution in [0.2, 0.25) is 0 Å². The van der Waals surface area contributed by atoms with E-state index in [0.717, 1.165) is 40.7 Å². The number of aromatic nitrogens is 1. The number of pyridine rings is 1. The molecule has 2 aliphatic rings. The molecule has 0 N–H and O–H groups in total. The molecule has 2 aliphatic carbocycles. The van der Waals surface area contributed by atoms with Gasteiger partial charge in [-0.2, -0.15) is 0 Å². The molecule has 0 amide bonds. The van der Waals surface area contributed by atoms with Crippen molar-refractivity contribution in [3.63, 3.8) is 0 Å². The zero-order chi connectivity index (χ0) is 30.9. The van der Waals surface area contributed by atoms with Crippen LogP contribution >= 0.6 is 0 Å². The lowest BCUT2D eigenvalue weighted by atomic mass is 9.90. The Kier molecular flexibility index (Phi) is 7.24. The molecule has 0 fully saturated rings. The maximum absolute atomic E-state index is 5.23. The van der Waals surface area contributed by atoms with Crippen molar-refractivity contribution in [2.45, 2.75) is 25.3 Å². The highest BCUT2D eigenvalue weighted by Gasteiger charge is 2.32. The normalized spacial score (nSPS) is 15.3. The summed E-state index contributed by atoms with van der Waals surface area (Å²) in [6, 6.07) is 40.6. The molecule has 1 heterocycles. The topological polar surface area (TPSA) is 50.0 Å². The first-order valence-electron chi connectivity index (χ1n) is 15.8. The number of hydrogen-bond acceptors (Lipinski definition) is 2. The van der Waals surface area contributed by atoms with Gasteiger partial charge in [0.25, 0.3) is 0 Å². The van der Waals surface area contributed by atoms with E-state index in [1.54, 1.807) is 0 Å². The summed E-state index contributed by atoms with van der Waals surface area (Å²) in [5.41, 5.74) is 11.6. The van der Waals surface area contributed by atoms with Crippen LogP contribution in [0.5, 0.6) is 0 Å². The van der Waals surface area contributed by atoms with Gasteiger partial charge in [-0.05, 0) is 87.0 Å². The number of hydrogen-bond donors (Lipinski definition) is 0. The fourth-order valence-corrected chi connectivity index (χ4v) is 6.98. The Morgan fingerprint density at radius 1 is 0.804 bits per heavy atom. The standard InChI is InChI=1S/C42H32N4/c1-43-42(38-21-9-20-37-39(33-16-10-24-44-26-33)35-18-6-7-19-36(35)40(37)38)46-41(31-23-22-28-11-2-3-13-30(28)25-31)45-27-32-15-8-14-29-12-4-5-17-34(29)32/h3-10,12-26,39H,1-2,11,27H2.